The molecule has 3 amide bonds. The predicted octanol–water partition coefficient (Wildman–Crippen LogP) is 1.24. The Balaban J connectivity index is 1.85. The van der Waals surface area contributed by atoms with E-state index in [-0.39, 0.29) is 23.5 Å². The largest absolute Gasteiger partial charge is 0.478 e. The standard InChI is InChI=1S/C16H21N3O4/c1-16(2)12(7-8-13(20)19-16)18-15(23)17-9-10-3-5-11(6-4-10)14(21)22/h3-6,12H,7-9H2,1-2H3,(H,19,20)(H,21,22)(H2,17,18,23). The summed E-state index contributed by atoms with van der Waals surface area (Å²) < 4.78 is 0. The number of hydrogen-bond acceptors (Lipinski definition) is 3. The van der Waals surface area contributed by atoms with Crippen molar-refractivity contribution in [2.75, 3.05) is 0 Å². The SMILES string of the molecule is CC1(C)NC(=O)CCC1NC(=O)NCc1ccc(C(=O)O)cc1. The number of urea groups is 1. The molecule has 0 radical (unpaired) electrons. The third-order valence-electron chi connectivity index (χ3n) is 3.95. The average Bonchev–Trinajstić information content (AvgIpc) is 2.48. The highest BCUT2D eigenvalue weighted by molar-refractivity contribution is 5.87. The van der Waals surface area contributed by atoms with Gasteiger partial charge in [0, 0.05) is 13.0 Å². The Morgan fingerprint density at radius 1 is 1.30 bits per heavy atom. The number of amides is 3. The zero-order valence-electron chi connectivity index (χ0n) is 13.2. The van der Waals surface area contributed by atoms with Crippen LogP contribution < -0.4 is 16.0 Å². The maximum Gasteiger partial charge on any atom is 0.335 e. The minimum Gasteiger partial charge on any atom is -0.478 e. The molecule has 124 valence electrons. The number of carbonyl (C=O) groups excluding carboxylic acids is 2. The smallest absolute Gasteiger partial charge is 0.335 e. The van der Waals surface area contributed by atoms with Crippen molar-refractivity contribution in [1.29, 1.82) is 0 Å². The molecule has 1 aromatic carbocycles. The second-order valence-electron chi connectivity index (χ2n) is 6.19. The lowest BCUT2D eigenvalue weighted by atomic mass is 9.87. The van der Waals surface area contributed by atoms with Crippen molar-refractivity contribution in [3.05, 3.63) is 35.4 Å². The molecule has 1 atom stereocenters. The molecule has 2 rings (SSSR count). The fourth-order valence-electron chi connectivity index (χ4n) is 2.55. The van der Waals surface area contributed by atoms with Crippen molar-refractivity contribution in [2.45, 2.75) is 44.8 Å². The number of aromatic carboxylic acids is 1. The van der Waals surface area contributed by atoms with Gasteiger partial charge >= 0.3 is 12.0 Å². The van der Waals surface area contributed by atoms with Crippen LogP contribution in [0.4, 0.5) is 4.79 Å². The minimum atomic E-state index is -0.983. The maximum absolute atomic E-state index is 12.0. The first-order valence-corrected chi connectivity index (χ1v) is 7.45. The Hall–Kier alpha value is -2.57. The van der Waals surface area contributed by atoms with Crippen LogP contribution in [0.5, 0.6) is 0 Å². The molecule has 7 heteroatoms. The normalized spacial score (nSPS) is 19.6. The molecule has 1 saturated heterocycles. The lowest BCUT2D eigenvalue weighted by Gasteiger charge is -2.39. The highest BCUT2D eigenvalue weighted by atomic mass is 16.4. The molecule has 0 bridgehead atoms. The summed E-state index contributed by atoms with van der Waals surface area (Å²) in [5, 5.41) is 17.3. The van der Waals surface area contributed by atoms with Gasteiger partial charge in [0.15, 0.2) is 0 Å². The Kier molecular flexibility index (Phi) is 4.88. The summed E-state index contributed by atoms with van der Waals surface area (Å²) in [7, 11) is 0. The van der Waals surface area contributed by atoms with E-state index in [1.54, 1.807) is 12.1 Å². The van der Waals surface area contributed by atoms with Crippen LogP contribution in [0.15, 0.2) is 24.3 Å². The quantitative estimate of drug-likeness (QED) is 0.669. The van der Waals surface area contributed by atoms with Crippen LogP contribution >= 0.6 is 0 Å². The van der Waals surface area contributed by atoms with Gasteiger partial charge in [-0.1, -0.05) is 12.1 Å². The molecule has 7 nitrogen and oxygen atoms in total. The van der Waals surface area contributed by atoms with Crippen molar-refractivity contribution >= 4 is 17.9 Å². The molecule has 0 aromatic heterocycles. The van der Waals surface area contributed by atoms with Crippen molar-refractivity contribution in [1.82, 2.24) is 16.0 Å². The number of hydrogen-bond donors (Lipinski definition) is 4. The van der Waals surface area contributed by atoms with E-state index in [0.717, 1.165) is 5.56 Å². The first kappa shape index (κ1) is 16.8. The summed E-state index contributed by atoms with van der Waals surface area (Å²) in [6.07, 6.45) is 0.991. The Morgan fingerprint density at radius 3 is 2.52 bits per heavy atom. The lowest BCUT2D eigenvalue weighted by molar-refractivity contribution is -0.125. The number of benzene rings is 1. The predicted molar refractivity (Wildman–Crippen MR) is 84.0 cm³/mol. The number of rotatable bonds is 4. The van der Waals surface area contributed by atoms with Crippen LogP contribution in [-0.4, -0.2) is 34.6 Å². The van der Waals surface area contributed by atoms with E-state index in [4.69, 9.17) is 5.11 Å². The van der Waals surface area contributed by atoms with E-state index in [2.05, 4.69) is 16.0 Å². The Morgan fingerprint density at radius 2 is 1.96 bits per heavy atom. The van der Waals surface area contributed by atoms with Gasteiger partial charge in [0.05, 0.1) is 17.1 Å². The topological polar surface area (TPSA) is 108 Å². The summed E-state index contributed by atoms with van der Waals surface area (Å²) in [4.78, 5) is 34.2. The Bertz CT molecular complexity index is 610. The number of carboxylic acid groups (broad SMARTS) is 1. The Labute approximate surface area is 134 Å². The van der Waals surface area contributed by atoms with E-state index >= 15 is 0 Å². The lowest BCUT2D eigenvalue weighted by Crippen LogP contribution is -2.63. The van der Waals surface area contributed by atoms with Crippen LogP contribution in [-0.2, 0) is 11.3 Å². The van der Waals surface area contributed by atoms with Crippen molar-refractivity contribution in [2.24, 2.45) is 0 Å². The number of piperidine rings is 1. The zero-order chi connectivity index (χ0) is 17.0. The molecule has 1 unspecified atom stereocenters. The second-order valence-corrected chi connectivity index (χ2v) is 6.19. The summed E-state index contributed by atoms with van der Waals surface area (Å²) in [5.74, 6) is -0.990. The maximum atomic E-state index is 12.0. The fourth-order valence-corrected chi connectivity index (χ4v) is 2.55. The number of carboxylic acids is 1. The molecular formula is C16H21N3O4. The van der Waals surface area contributed by atoms with Gasteiger partial charge in [-0.25, -0.2) is 9.59 Å². The van der Waals surface area contributed by atoms with E-state index in [1.165, 1.54) is 12.1 Å². The zero-order valence-corrected chi connectivity index (χ0v) is 13.2. The van der Waals surface area contributed by atoms with Crippen LogP contribution in [0, 0.1) is 0 Å². The van der Waals surface area contributed by atoms with Crippen LogP contribution in [0.2, 0.25) is 0 Å². The molecule has 1 aliphatic heterocycles. The number of carbonyl (C=O) groups is 3. The summed E-state index contributed by atoms with van der Waals surface area (Å²) in [6, 6.07) is 5.85. The second kappa shape index (κ2) is 6.68. The van der Waals surface area contributed by atoms with Crippen molar-refractivity contribution in [3.8, 4) is 0 Å². The third-order valence-corrected chi connectivity index (χ3v) is 3.95. The molecule has 4 N–H and O–H groups in total. The molecule has 1 heterocycles. The summed E-state index contributed by atoms with van der Waals surface area (Å²) in [6.45, 7) is 4.05. The van der Waals surface area contributed by atoms with Crippen LogP contribution in [0.25, 0.3) is 0 Å². The first-order valence-electron chi connectivity index (χ1n) is 7.45. The molecule has 0 saturated carbocycles. The molecule has 0 spiro atoms. The van der Waals surface area contributed by atoms with Gasteiger partial charge in [-0.2, -0.15) is 0 Å². The average molecular weight is 319 g/mol. The molecule has 1 aromatic rings. The monoisotopic (exact) mass is 319 g/mol. The van der Waals surface area contributed by atoms with Gasteiger partial charge in [0.25, 0.3) is 0 Å². The van der Waals surface area contributed by atoms with Gasteiger partial charge < -0.3 is 21.1 Å². The molecule has 0 aliphatic carbocycles. The van der Waals surface area contributed by atoms with E-state index < -0.39 is 11.5 Å². The van der Waals surface area contributed by atoms with E-state index in [0.29, 0.717) is 19.4 Å². The summed E-state index contributed by atoms with van der Waals surface area (Å²) in [5.41, 5.74) is 0.523. The van der Waals surface area contributed by atoms with Gasteiger partial charge in [0.1, 0.15) is 0 Å². The van der Waals surface area contributed by atoms with Crippen LogP contribution in [0.3, 0.4) is 0 Å². The fraction of sp³-hybridized carbons (Fsp3) is 0.438. The van der Waals surface area contributed by atoms with Gasteiger partial charge in [0.2, 0.25) is 5.91 Å². The van der Waals surface area contributed by atoms with Gasteiger partial charge in [-0.3, -0.25) is 4.79 Å². The first-order chi connectivity index (χ1) is 10.8. The van der Waals surface area contributed by atoms with Gasteiger partial charge in [-0.15, -0.1) is 0 Å². The molecule has 1 fully saturated rings. The molecule has 23 heavy (non-hydrogen) atoms. The van der Waals surface area contributed by atoms with Crippen molar-refractivity contribution in [3.63, 3.8) is 0 Å². The number of nitrogens with one attached hydrogen (secondary N) is 3. The molecule has 1 aliphatic rings. The highest BCUT2D eigenvalue weighted by Crippen LogP contribution is 2.19. The summed E-state index contributed by atoms with van der Waals surface area (Å²) >= 11 is 0. The highest BCUT2D eigenvalue weighted by Gasteiger charge is 2.36. The van der Waals surface area contributed by atoms with Crippen LogP contribution in [0.1, 0.15) is 42.6 Å². The third kappa shape index (κ3) is 4.45. The van der Waals surface area contributed by atoms with Gasteiger partial charge in [-0.05, 0) is 38.0 Å². The van der Waals surface area contributed by atoms with E-state index in [1.807, 2.05) is 13.8 Å². The van der Waals surface area contributed by atoms with E-state index in [9.17, 15) is 14.4 Å². The molecular weight excluding hydrogens is 298 g/mol. The minimum absolute atomic E-state index is 0.00743. The van der Waals surface area contributed by atoms with Crippen molar-refractivity contribution < 1.29 is 19.5 Å².